The van der Waals surface area contributed by atoms with Crippen LogP contribution >= 0.6 is 0 Å². The molecule has 0 unspecified atom stereocenters. The molecule has 0 aliphatic carbocycles. The van der Waals surface area contributed by atoms with Gasteiger partial charge in [0.25, 0.3) is 5.91 Å². The molecule has 1 amide bonds. The van der Waals surface area contributed by atoms with Crippen molar-refractivity contribution in [3.63, 3.8) is 0 Å². The Morgan fingerprint density at radius 2 is 2.05 bits per heavy atom. The van der Waals surface area contributed by atoms with E-state index in [0.29, 0.717) is 19.5 Å². The van der Waals surface area contributed by atoms with Crippen molar-refractivity contribution in [1.29, 1.82) is 0 Å². The van der Waals surface area contributed by atoms with Crippen molar-refractivity contribution in [2.75, 3.05) is 13.7 Å². The maximum absolute atomic E-state index is 12.2. The van der Waals surface area contributed by atoms with Crippen LogP contribution in [-0.2, 0) is 20.9 Å². The van der Waals surface area contributed by atoms with E-state index in [1.165, 1.54) is 6.92 Å². The fraction of sp³-hybridized carbons (Fsp3) is 0.467. The van der Waals surface area contributed by atoms with E-state index in [-0.39, 0.29) is 5.91 Å². The van der Waals surface area contributed by atoms with Crippen LogP contribution in [0.15, 0.2) is 24.3 Å². The highest BCUT2D eigenvalue weighted by Crippen LogP contribution is 2.19. The van der Waals surface area contributed by atoms with Gasteiger partial charge in [-0.2, -0.15) is 0 Å². The quantitative estimate of drug-likeness (QED) is 0.787. The Bertz CT molecular complexity index is 483. The zero-order valence-corrected chi connectivity index (χ0v) is 11.8. The summed E-state index contributed by atoms with van der Waals surface area (Å²) in [6.45, 7) is 2.55. The fourth-order valence-electron chi connectivity index (χ4n) is 2.32. The molecule has 2 rings (SSSR count). The summed E-state index contributed by atoms with van der Waals surface area (Å²) in [6.07, 6.45) is 0.830. The van der Waals surface area contributed by atoms with E-state index in [1.807, 2.05) is 24.3 Å². The number of ether oxygens (including phenoxy) is 2. The number of rotatable bonds is 4. The molecule has 20 heavy (non-hydrogen) atoms. The summed E-state index contributed by atoms with van der Waals surface area (Å²) < 4.78 is 10.2. The van der Waals surface area contributed by atoms with E-state index in [2.05, 4.69) is 0 Å². The lowest BCUT2D eigenvalue weighted by Crippen LogP contribution is -2.45. The highest BCUT2D eigenvalue weighted by molar-refractivity contribution is 5.84. The third-order valence-electron chi connectivity index (χ3n) is 3.32. The summed E-state index contributed by atoms with van der Waals surface area (Å²) in [5.41, 5.74) is 1.03. The van der Waals surface area contributed by atoms with Crippen molar-refractivity contribution < 1.29 is 19.1 Å². The molecule has 0 radical (unpaired) electrons. The zero-order valence-electron chi connectivity index (χ0n) is 11.8. The van der Waals surface area contributed by atoms with Crippen molar-refractivity contribution in [2.45, 2.75) is 32.4 Å². The zero-order chi connectivity index (χ0) is 14.5. The first-order valence-electron chi connectivity index (χ1n) is 6.69. The van der Waals surface area contributed by atoms with Gasteiger partial charge < -0.3 is 14.4 Å². The molecule has 108 valence electrons. The van der Waals surface area contributed by atoms with Crippen molar-refractivity contribution in [2.24, 2.45) is 0 Å². The van der Waals surface area contributed by atoms with Crippen LogP contribution in [0.5, 0.6) is 5.75 Å². The number of methoxy groups -OCH3 is 1. The standard InChI is InChI=1S/C15H19NO4/c1-11(17)20-14-4-3-9-16(15(14)18)10-12-5-7-13(19-2)8-6-12/h5-8,14H,3-4,9-10H2,1-2H3/t14-/m1/s1. The van der Waals surface area contributed by atoms with Crippen LogP contribution in [-0.4, -0.2) is 36.5 Å². The third-order valence-corrected chi connectivity index (χ3v) is 3.32. The molecule has 1 aliphatic heterocycles. The summed E-state index contributed by atoms with van der Waals surface area (Å²) in [5, 5.41) is 0. The van der Waals surface area contributed by atoms with Gasteiger partial charge >= 0.3 is 5.97 Å². The molecule has 1 aromatic carbocycles. The lowest BCUT2D eigenvalue weighted by Gasteiger charge is -2.31. The van der Waals surface area contributed by atoms with Crippen molar-refractivity contribution in [1.82, 2.24) is 4.90 Å². The van der Waals surface area contributed by atoms with Crippen LogP contribution in [0.1, 0.15) is 25.3 Å². The molecular formula is C15H19NO4. The number of carbonyl (C=O) groups is 2. The molecule has 1 aromatic rings. The van der Waals surface area contributed by atoms with Gasteiger partial charge in [0.2, 0.25) is 0 Å². The predicted octanol–water partition coefficient (Wildman–Crippen LogP) is 1.75. The lowest BCUT2D eigenvalue weighted by molar-refractivity contribution is -0.162. The number of hydrogen-bond acceptors (Lipinski definition) is 4. The minimum absolute atomic E-state index is 0.109. The van der Waals surface area contributed by atoms with Crippen LogP contribution in [0.2, 0.25) is 0 Å². The summed E-state index contributed by atoms with van der Waals surface area (Å²) in [4.78, 5) is 24.9. The summed E-state index contributed by atoms with van der Waals surface area (Å²) >= 11 is 0. The maximum atomic E-state index is 12.2. The fourth-order valence-corrected chi connectivity index (χ4v) is 2.32. The van der Waals surface area contributed by atoms with E-state index >= 15 is 0 Å². The largest absolute Gasteiger partial charge is 0.497 e. The van der Waals surface area contributed by atoms with Gasteiger partial charge in [0.1, 0.15) is 5.75 Å². The van der Waals surface area contributed by atoms with Crippen LogP contribution in [0.25, 0.3) is 0 Å². The molecule has 5 nitrogen and oxygen atoms in total. The van der Waals surface area contributed by atoms with Crippen molar-refractivity contribution in [3.05, 3.63) is 29.8 Å². The number of hydrogen-bond donors (Lipinski definition) is 0. The minimum atomic E-state index is -0.625. The van der Waals surface area contributed by atoms with Gasteiger partial charge in [0.05, 0.1) is 7.11 Å². The van der Waals surface area contributed by atoms with Crippen LogP contribution in [0.4, 0.5) is 0 Å². The third kappa shape index (κ3) is 3.50. The first-order chi connectivity index (χ1) is 9.60. The molecule has 1 saturated heterocycles. The summed E-state index contributed by atoms with van der Waals surface area (Å²) in [5.74, 6) is 0.272. The van der Waals surface area contributed by atoms with E-state index in [9.17, 15) is 9.59 Å². The Hall–Kier alpha value is -2.04. The Morgan fingerprint density at radius 3 is 2.65 bits per heavy atom. The van der Waals surface area contributed by atoms with Crippen molar-refractivity contribution in [3.8, 4) is 5.75 Å². The molecule has 1 fully saturated rings. The van der Waals surface area contributed by atoms with Crippen LogP contribution < -0.4 is 4.74 Å². The maximum Gasteiger partial charge on any atom is 0.303 e. The van der Waals surface area contributed by atoms with Gasteiger partial charge in [-0.3, -0.25) is 9.59 Å². The molecule has 0 aromatic heterocycles. The van der Waals surface area contributed by atoms with E-state index < -0.39 is 12.1 Å². The Labute approximate surface area is 118 Å². The van der Waals surface area contributed by atoms with Crippen LogP contribution in [0, 0.1) is 0 Å². The second-order valence-corrected chi connectivity index (χ2v) is 4.85. The molecule has 0 N–H and O–H groups in total. The number of likely N-dealkylation sites (tertiary alicyclic amines) is 1. The molecule has 0 bridgehead atoms. The van der Waals surface area contributed by atoms with E-state index in [0.717, 1.165) is 17.7 Å². The molecule has 0 saturated carbocycles. The molecule has 1 aliphatic rings. The smallest absolute Gasteiger partial charge is 0.303 e. The number of amides is 1. The molecule has 0 spiro atoms. The van der Waals surface area contributed by atoms with E-state index in [4.69, 9.17) is 9.47 Å². The number of esters is 1. The monoisotopic (exact) mass is 277 g/mol. The van der Waals surface area contributed by atoms with Gasteiger partial charge in [-0.25, -0.2) is 0 Å². The highest BCUT2D eigenvalue weighted by Gasteiger charge is 2.30. The van der Waals surface area contributed by atoms with Crippen molar-refractivity contribution >= 4 is 11.9 Å². The van der Waals surface area contributed by atoms with Gasteiger partial charge in [-0.1, -0.05) is 12.1 Å². The number of nitrogens with zero attached hydrogens (tertiary/aromatic N) is 1. The molecule has 1 heterocycles. The molecular weight excluding hydrogens is 258 g/mol. The first kappa shape index (κ1) is 14.4. The minimum Gasteiger partial charge on any atom is -0.497 e. The second-order valence-electron chi connectivity index (χ2n) is 4.85. The lowest BCUT2D eigenvalue weighted by atomic mass is 10.1. The Morgan fingerprint density at radius 1 is 1.35 bits per heavy atom. The number of carbonyl (C=O) groups excluding carboxylic acids is 2. The Balaban J connectivity index is 2.00. The molecule has 1 atom stereocenters. The summed E-state index contributed by atoms with van der Waals surface area (Å²) in [6, 6.07) is 7.60. The van der Waals surface area contributed by atoms with Gasteiger partial charge in [0.15, 0.2) is 6.10 Å². The first-order valence-corrected chi connectivity index (χ1v) is 6.69. The normalized spacial score (nSPS) is 18.8. The number of piperidine rings is 1. The second kappa shape index (κ2) is 6.41. The van der Waals surface area contributed by atoms with E-state index in [1.54, 1.807) is 12.0 Å². The predicted molar refractivity (Wildman–Crippen MR) is 73.2 cm³/mol. The average Bonchev–Trinajstić information content (AvgIpc) is 2.43. The average molecular weight is 277 g/mol. The summed E-state index contributed by atoms with van der Waals surface area (Å²) in [7, 11) is 1.62. The van der Waals surface area contributed by atoms with Gasteiger partial charge in [-0.15, -0.1) is 0 Å². The highest BCUT2D eigenvalue weighted by atomic mass is 16.5. The Kier molecular flexibility index (Phi) is 4.61. The van der Waals surface area contributed by atoms with Crippen LogP contribution in [0.3, 0.4) is 0 Å². The van der Waals surface area contributed by atoms with Gasteiger partial charge in [-0.05, 0) is 30.5 Å². The topological polar surface area (TPSA) is 55.8 Å². The number of benzene rings is 1. The SMILES string of the molecule is COc1ccc(CN2CCC[C@@H](OC(C)=O)C2=O)cc1. The molecule has 5 heteroatoms. The van der Waals surface area contributed by atoms with Gasteiger partial charge in [0, 0.05) is 20.0 Å².